The standard InChI is InChI=1S/C9H17NO2/c1-6-3-9(12)5-8(10-6)4-7(2)11/h6,8-10,12H,3-5H2,1-2H3/t6-,8+,9+/m1/s1. The average Bonchev–Trinajstić information content (AvgIpc) is 1.81. The third-order valence-corrected chi connectivity index (χ3v) is 2.24. The van der Waals surface area contributed by atoms with Crippen molar-refractivity contribution in [1.29, 1.82) is 0 Å². The lowest BCUT2D eigenvalue weighted by Crippen LogP contribution is -2.46. The van der Waals surface area contributed by atoms with Crippen molar-refractivity contribution < 1.29 is 9.90 Å². The van der Waals surface area contributed by atoms with E-state index in [1.54, 1.807) is 6.92 Å². The Labute approximate surface area is 73.2 Å². The van der Waals surface area contributed by atoms with Gasteiger partial charge >= 0.3 is 0 Å². The van der Waals surface area contributed by atoms with E-state index in [0.29, 0.717) is 18.9 Å². The molecule has 1 aliphatic rings. The van der Waals surface area contributed by atoms with Crippen LogP contribution in [0.5, 0.6) is 0 Å². The molecule has 0 bridgehead atoms. The first-order valence-corrected chi connectivity index (χ1v) is 4.51. The molecule has 3 atom stereocenters. The van der Waals surface area contributed by atoms with Gasteiger partial charge in [0.1, 0.15) is 5.78 Å². The minimum Gasteiger partial charge on any atom is -0.393 e. The maximum atomic E-state index is 10.8. The predicted octanol–water partition coefficient (Wildman–Crippen LogP) is 0.467. The van der Waals surface area contributed by atoms with Crippen LogP contribution in [0.15, 0.2) is 0 Å². The van der Waals surface area contributed by atoms with Crippen molar-refractivity contribution in [2.45, 2.75) is 51.3 Å². The molecule has 0 amide bonds. The summed E-state index contributed by atoms with van der Waals surface area (Å²) in [6.45, 7) is 3.63. The molecule has 3 nitrogen and oxygen atoms in total. The van der Waals surface area contributed by atoms with Crippen LogP contribution in [0.25, 0.3) is 0 Å². The molecule has 0 spiro atoms. The molecular weight excluding hydrogens is 154 g/mol. The van der Waals surface area contributed by atoms with Crippen LogP contribution < -0.4 is 5.32 Å². The van der Waals surface area contributed by atoms with Crippen molar-refractivity contribution >= 4 is 5.78 Å². The van der Waals surface area contributed by atoms with Gasteiger partial charge in [-0.25, -0.2) is 0 Å². The van der Waals surface area contributed by atoms with Crippen LogP contribution in [0.4, 0.5) is 0 Å². The highest BCUT2D eigenvalue weighted by atomic mass is 16.3. The molecule has 2 N–H and O–H groups in total. The number of hydrogen-bond acceptors (Lipinski definition) is 3. The average molecular weight is 171 g/mol. The monoisotopic (exact) mass is 171 g/mol. The Balaban J connectivity index is 2.38. The summed E-state index contributed by atoms with van der Waals surface area (Å²) in [5.74, 6) is 0.189. The van der Waals surface area contributed by atoms with E-state index in [0.717, 1.165) is 6.42 Å². The summed E-state index contributed by atoms with van der Waals surface area (Å²) in [4.78, 5) is 10.8. The number of nitrogens with one attached hydrogen (secondary N) is 1. The third-order valence-electron chi connectivity index (χ3n) is 2.24. The van der Waals surface area contributed by atoms with Gasteiger partial charge in [-0.1, -0.05) is 0 Å². The minimum absolute atomic E-state index is 0.182. The lowest BCUT2D eigenvalue weighted by molar-refractivity contribution is -0.117. The Bertz CT molecular complexity index is 160. The molecule has 1 rings (SSSR count). The van der Waals surface area contributed by atoms with Crippen LogP contribution in [0.2, 0.25) is 0 Å². The van der Waals surface area contributed by atoms with Crippen molar-refractivity contribution in [2.75, 3.05) is 0 Å². The Hall–Kier alpha value is -0.410. The van der Waals surface area contributed by atoms with Crippen LogP contribution in [0.1, 0.15) is 33.1 Å². The normalized spacial score (nSPS) is 36.4. The molecular formula is C9H17NO2. The molecule has 1 fully saturated rings. The quantitative estimate of drug-likeness (QED) is 0.635. The lowest BCUT2D eigenvalue weighted by atomic mass is 9.94. The van der Waals surface area contributed by atoms with Crippen LogP contribution in [0, 0.1) is 0 Å². The number of aliphatic hydroxyl groups is 1. The first-order chi connectivity index (χ1) is 5.58. The largest absolute Gasteiger partial charge is 0.393 e. The second-order valence-corrected chi connectivity index (χ2v) is 3.80. The van der Waals surface area contributed by atoms with Crippen molar-refractivity contribution in [3.63, 3.8) is 0 Å². The Morgan fingerprint density at radius 1 is 1.58 bits per heavy atom. The molecule has 1 heterocycles. The lowest BCUT2D eigenvalue weighted by Gasteiger charge is -2.31. The van der Waals surface area contributed by atoms with E-state index in [9.17, 15) is 9.90 Å². The zero-order chi connectivity index (χ0) is 9.14. The molecule has 70 valence electrons. The fourth-order valence-electron chi connectivity index (χ4n) is 1.86. The van der Waals surface area contributed by atoms with Crippen LogP contribution in [0.3, 0.4) is 0 Å². The third kappa shape index (κ3) is 2.91. The number of aliphatic hydroxyl groups excluding tert-OH is 1. The van der Waals surface area contributed by atoms with E-state index < -0.39 is 0 Å². The number of carbonyl (C=O) groups is 1. The van der Waals surface area contributed by atoms with E-state index in [1.165, 1.54) is 0 Å². The summed E-state index contributed by atoms with van der Waals surface area (Å²) in [6.07, 6.45) is 1.82. The predicted molar refractivity (Wildman–Crippen MR) is 46.9 cm³/mol. The van der Waals surface area contributed by atoms with Gasteiger partial charge in [-0.3, -0.25) is 4.79 Å². The van der Waals surface area contributed by atoms with Gasteiger partial charge in [-0.15, -0.1) is 0 Å². The maximum Gasteiger partial charge on any atom is 0.131 e. The van der Waals surface area contributed by atoms with Crippen molar-refractivity contribution in [3.8, 4) is 0 Å². The topological polar surface area (TPSA) is 49.3 Å². The zero-order valence-electron chi connectivity index (χ0n) is 7.71. The second-order valence-electron chi connectivity index (χ2n) is 3.80. The molecule has 0 unspecified atom stereocenters. The summed E-state index contributed by atoms with van der Waals surface area (Å²) >= 11 is 0. The van der Waals surface area contributed by atoms with E-state index in [1.807, 2.05) is 6.92 Å². The number of piperidine rings is 1. The molecule has 0 aromatic rings. The summed E-state index contributed by atoms with van der Waals surface area (Å²) in [5.41, 5.74) is 0. The van der Waals surface area contributed by atoms with Gasteiger partial charge in [0.05, 0.1) is 6.10 Å². The van der Waals surface area contributed by atoms with Gasteiger partial charge < -0.3 is 10.4 Å². The number of hydrogen-bond donors (Lipinski definition) is 2. The molecule has 3 heteroatoms. The summed E-state index contributed by atoms with van der Waals surface area (Å²) < 4.78 is 0. The number of Topliss-reactive ketones (excluding diaryl/α,β-unsaturated/α-hetero) is 1. The van der Waals surface area contributed by atoms with Crippen molar-refractivity contribution in [2.24, 2.45) is 0 Å². The Morgan fingerprint density at radius 3 is 2.75 bits per heavy atom. The van der Waals surface area contributed by atoms with E-state index in [-0.39, 0.29) is 17.9 Å². The SMILES string of the molecule is CC(=O)C[C@H]1C[C@@H](O)C[C@@H](C)N1. The highest BCUT2D eigenvalue weighted by Crippen LogP contribution is 2.15. The first-order valence-electron chi connectivity index (χ1n) is 4.51. The van der Waals surface area contributed by atoms with Gasteiger partial charge in [-0.2, -0.15) is 0 Å². The van der Waals surface area contributed by atoms with E-state index in [2.05, 4.69) is 5.32 Å². The zero-order valence-corrected chi connectivity index (χ0v) is 7.71. The van der Waals surface area contributed by atoms with Gasteiger partial charge in [0.2, 0.25) is 0 Å². The Kier molecular flexibility index (Phi) is 3.23. The number of carbonyl (C=O) groups excluding carboxylic acids is 1. The molecule has 0 aromatic heterocycles. The van der Waals surface area contributed by atoms with Crippen molar-refractivity contribution in [1.82, 2.24) is 5.32 Å². The summed E-state index contributed by atoms with van der Waals surface area (Å²) in [5, 5.41) is 12.7. The van der Waals surface area contributed by atoms with E-state index in [4.69, 9.17) is 0 Å². The van der Waals surface area contributed by atoms with Crippen LogP contribution in [-0.4, -0.2) is 29.1 Å². The fourth-order valence-corrected chi connectivity index (χ4v) is 1.86. The molecule has 0 aliphatic carbocycles. The van der Waals surface area contributed by atoms with Gasteiger partial charge in [0.15, 0.2) is 0 Å². The maximum absolute atomic E-state index is 10.8. The molecule has 0 aromatic carbocycles. The van der Waals surface area contributed by atoms with Gasteiger partial charge in [0, 0.05) is 18.5 Å². The van der Waals surface area contributed by atoms with Gasteiger partial charge in [0.25, 0.3) is 0 Å². The molecule has 1 aliphatic heterocycles. The van der Waals surface area contributed by atoms with Crippen LogP contribution in [-0.2, 0) is 4.79 Å². The van der Waals surface area contributed by atoms with Crippen LogP contribution >= 0.6 is 0 Å². The van der Waals surface area contributed by atoms with Gasteiger partial charge in [-0.05, 0) is 26.7 Å². The molecule has 0 radical (unpaired) electrons. The van der Waals surface area contributed by atoms with Crippen molar-refractivity contribution in [3.05, 3.63) is 0 Å². The second kappa shape index (κ2) is 4.01. The molecule has 0 saturated carbocycles. The molecule has 12 heavy (non-hydrogen) atoms. The minimum atomic E-state index is -0.231. The highest BCUT2D eigenvalue weighted by molar-refractivity contribution is 5.76. The Morgan fingerprint density at radius 2 is 2.25 bits per heavy atom. The first kappa shape index (κ1) is 9.68. The number of rotatable bonds is 2. The molecule has 1 saturated heterocycles. The fraction of sp³-hybridized carbons (Fsp3) is 0.889. The highest BCUT2D eigenvalue weighted by Gasteiger charge is 2.24. The van der Waals surface area contributed by atoms with E-state index >= 15 is 0 Å². The summed E-state index contributed by atoms with van der Waals surface area (Å²) in [6, 6.07) is 0.513. The number of ketones is 1. The summed E-state index contributed by atoms with van der Waals surface area (Å²) in [7, 11) is 0. The smallest absolute Gasteiger partial charge is 0.131 e.